The van der Waals surface area contributed by atoms with Crippen LogP contribution in [0.4, 0.5) is 0 Å². The van der Waals surface area contributed by atoms with Gasteiger partial charge in [-0.05, 0) is 14.0 Å². The quantitative estimate of drug-likeness (QED) is 0.0682. The summed E-state index contributed by atoms with van der Waals surface area (Å²) in [6.07, 6.45) is -17.3. The second-order valence-corrected chi connectivity index (χ2v) is 9.89. The van der Waals surface area contributed by atoms with E-state index in [1.807, 2.05) is 0 Å². The Morgan fingerprint density at radius 3 is 2.02 bits per heavy atom. The number of hydrogen-bond donors (Lipinski definition) is 12. The zero-order valence-corrected chi connectivity index (χ0v) is 21.7. The van der Waals surface area contributed by atoms with Gasteiger partial charge in [-0.1, -0.05) is 0 Å². The van der Waals surface area contributed by atoms with Crippen LogP contribution in [0.15, 0.2) is 9.98 Å². The molecule has 0 spiro atoms. The first-order valence-electron chi connectivity index (χ1n) is 12.4. The highest BCUT2D eigenvalue weighted by molar-refractivity contribution is 5.76. The van der Waals surface area contributed by atoms with Crippen LogP contribution in [0.2, 0.25) is 0 Å². The third-order valence-electron chi connectivity index (χ3n) is 7.34. The zero-order chi connectivity index (χ0) is 30.1. The lowest BCUT2D eigenvalue weighted by Gasteiger charge is -2.45. The maximum atomic E-state index is 12.1. The van der Waals surface area contributed by atoms with Crippen LogP contribution in [0, 0.1) is 0 Å². The molecule has 1 saturated carbocycles. The topological polar surface area (TPSA) is 336 Å². The number of nitrogens with two attached hydrogens (primary N) is 4. The van der Waals surface area contributed by atoms with Gasteiger partial charge in [-0.25, -0.2) is 9.98 Å². The Morgan fingerprint density at radius 1 is 0.900 bits per heavy atom. The monoisotopic (exact) mass is 581 g/mol. The Hall–Kier alpha value is -2.27. The maximum Gasteiger partial charge on any atom is 0.188 e. The summed E-state index contributed by atoms with van der Waals surface area (Å²) in [5, 5.41) is 76.6. The standard InChI is InChI=1S/C21H39N7O12/c1-5-21(36,4-30)16(40-17-9(26-2)13(34)10(31)6(3-29)38-17)18(37-5)39-15-8(28-20(24)25)11(32)7(27-19(22)23)12(33)14(15)35/h4-18,26,29,31-36H,3H2,1-2H3,(H4,22,23,27)(H4,24,25,28)/t5-,6?,7?,8?,9?,10?,11?,12?,13?,14?,15?,16-,17?,18-,21+/m0/s1. The number of likely N-dealkylation sites (N-methyl/N-ethyl adjacent to an activating group) is 1. The van der Waals surface area contributed by atoms with Gasteiger partial charge < -0.3 is 82.9 Å². The van der Waals surface area contributed by atoms with Crippen molar-refractivity contribution in [2.45, 2.75) is 98.2 Å². The Balaban J connectivity index is 1.96. The van der Waals surface area contributed by atoms with Crippen molar-refractivity contribution in [3.05, 3.63) is 0 Å². The Kier molecular flexibility index (Phi) is 10.2. The number of guanidine groups is 2. The van der Waals surface area contributed by atoms with Crippen molar-refractivity contribution in [3.63, 3.8) is 0 Å². The molecule has 2 aliphatic heterocycles. The van der Waals surface area contributed by atoms with E-state index in [0.717, 1.165) is 0 Å². The number of hydrogen-bond acceptors (Lipinski definition) is 15. The van der Waals surface area contributed by atoms with Crippen molar-refractivity contribution < 1.29 is 59.5 Å². The van der Waals surface area contributed by atoms with Crippen molar-refractivity contribution in [3.8, 4) is 0 Å². The molecule has 0 amide bonds. The van der Waals surface area contributed by atoms with Crippen molar-refractivity contribution in [2.24, 2.45) is 32.9 Å². The molecule has 11 unspecified atom stereocenters. The van der Waals surface area contributed by atoms with E-state index in [9.17, 15) is 40.5 Å². The molecule has 3 fully saturated rings. The van der Waals surface area contributed by atoms with Crippen molar-refractivity contribution in [1.82, 2.24) is 5.32 Å². The van der Waals surface area contributed by atoms with E-state index in [1.54, 1.807) is 0 Å². The average molecular weight is 582 g/mol. The summed E-state index contributed by atoms with van der Waals surface area (Å²) in [4.78, 5) is 19.7. The molecule has 0 radical (unpaired) electrons. The van der Waals surface area contributed by atoms with E-state index in [-0.39, 0.29) is 6.29 Å². The van der Waals surface area contributed by atoms with E-state index >= 15 is 0 Å². The largest absolute Gasteiger partial charge is 0.394 e. The molecule has 2 saturated heterocycles. The molecule has 3 rings (SSSR count). The molecule has 3 aliphatic rings. The Morgan fingerprint density at radius 2 is 1.50 bits per heavy atom. The number of aliphatic imine (C=N–C) groups is 2. The van der Waals surface area contributed by atoms with Gasteiger partial charge in [-0.2, -0.15) is 0 Å². The van der Waals surface area contributed by atoms with Gasteiger partial charge in [-0.15, -0.1) is 0 Å². The molecule has 0 aromatic rings. The smallest absolute Gasteiger partial charge is 0.188 e. The van der Waals surface area contributed by atoms with Crippen LogP contribution in [0.1, 0.15) is 6.92 Å². The first-order chi connectivity index (χ1) is 18.7. The summed E-state index contributed by atoms with van der Waals surface area (Å²) in [6, 6.07) is -4.08. The van der Waals surface area contributed by atoms with Crippen molar-refractivity contribution in [2.75, 3.05) is 13.7 Å². The van der Waals surface area contributed by atoms with Gasteiger partial charge in [0, 0.05) is 0 Å². The highest BCUT2D eigenvalue weighted by Gasteiger charge is 2.60. The van der Waals surface area contributed by atoms with Crippen LogP contribution in [0.3, 0.4) is 0 Å². The normalized spacial score (nSPS) is 47.4. The van der Waals surface area contributed by atoms with E-state index in [1.165, 1.54) is 14.0 Å². The second-order valence-electron chi connectivity index (χ2n) is 9.89. The van der Waals surface area contributed by atoms with Gasteiger partial charge in [-0.3, -0.25) is 4.79 Å². The fourth-order valence-corrected chi connectivity index (χ4v) is 5.08. The van der Waals surface area contributed by atoms with Crippen LogP contribution in [-0.2, 0) is 23.7 Å². The summed E-state index contributed by atoms with van der Waals surface area (Å²) in [6.45, 7) is 0.620. The van der Waals surface area contributed by atoms with E-state index in [4.69, 9.17) is 41.9 Å². The molecule has 1 aliphatic carbocycles. The lowest BCUT2D eigenvalue weighted by molar-refractivity contribution is -0.314. The van der Waals surface area contributed by atoms with Crippen LogP contribution in [-0.4, -0.2) is 159 Å². The molecule has 0 bridgehead atoms. The minimum Gasteiger partial charge on any atom is -0.394 e. The number of ether oxygens (including phenoxy) is 4. The number of carbonyl (C=O) groups excluding carboxylic acids is 1. The van der Waals surface area contributed by atoms with E-state index in [0.29, 0.717) is 0 Å². The molecular weight excluding hydrogens is 542 g/mol. The zero-order valence-electron chi connectivity index (χ0n) is 21.7. The lowest BCUT2D eigenvalue weighted by atomic mass is 9.81. The van der Waals surface area contributed by atoms with Gasteiger partial charge >= 0.3 is 0 Å². The highest BCUT2D eigenvalue weighted by atomic mass is 16.8. The van der Waals surface area contributed by atoms with Crippen LogP contribution < -0.4 is 28.3 Å². The summed E-state index contributed by atoms with van der Waals surface area (Å²) in [5.74, 6) is -1.03. The van der Waals surface area contributed by atoms with Gasteiger partial charge in [0.2, 0.25) is 0 Å². The first kappa shape index (κ1) is 32.2. The first-order valence-corrected chi connectivity index (χ1v) is 12.4. The van der Waals surface area contributed by atoms with E-state index in [2.05, 4.69) is 15.3 Å². The summed E-state index contributed by atoms with van der Waals surface area (Å²) in [7, 11) is 1.42. The predicted molar refractivity (Wildman–Crippen MR) is 133 cm³/mol. The SMILES string of the molecule is CNC1C(O[C@H]2[C@H](OC3C(O)C(O)C(N=C(N)N)C(O)C3N=C(N)N)O[C@@H](C)[C@]2(O)C=O)OC(CO)C(O)C1O. The van der Waals surface area contributed by atoms with Gasteiger partial charge in [0.15, 0.2) is 36.4 Å². The molecule has 16 N–H and O–H groups in total. The lowest BCUT2D eigenvalue weighted by Crippen LogP contribution is -2.66. The Bertz CT molecular complexity index is 940. The number of nitrogens with zero attached hydrogens (tertiary/aromatic N) is 2. The number of aldehydes is 1. The molecule has 2 heterocycles. The molecule has 230 valence electrons. The summed E-state index contributed by atoms with van der Waals surface area (Å²) >= 11 is 0. The molecule has 0 aromatic heterocycles. The number of carbonyl (C=O) groups is 1. The molecule has 15 atom stereocenters. The minimum absolute atomic E-state index is 0.140. The average Bonchev–Trinajstić information content (AvgIpc) is 3.13. The molecule has 19 nitrogen and oxygen atoms in total. The minimum atomic E-state index is -2.38. The van der Waals surface area contributed by atoms with Gasteiger partial charge in [0.1, 0.15) is 60.9 Å². The maximum absolute atomic E-state index is 12.1. The van der Waals surface area contributed by atoms with Gasteiger partial charge in [0.05, 0.1) is 18.8 Å². The molecular formula is C21H39N7O12. The third kappa shape index (κ3) is 6.00. The third-order valence-corrected chi connectivity index (χ3v) is 7.34. The van der Waals surface area contributed by atoms with E-state index < -0.39 is 110 Å². The summed E-state index contributed by atoms with van der Waals surface area (Å²) < 4.78 is 22.9. The second kappa shape index (κ2) is 12.7. The van der Waals surface area contributed by atoms with Crippen LogP contribution in [0.5, 0.6) is 0 Å². The molecule has 40 heavy (non-hydrogen) atoms. The fraction of sp³-hybridized carbons (Fsp3) is 0.857. The number of rotatable bonds is 9. The van der Waals surface area contributed by atoms with Gasteiger partial charge in [0.25, 0.3) is 0 Å². The molecule has 19 heteroatoms. The highest BCUT2D eigenvalue weighted by Crippen LogP contribution is 2.38. The van der Waals surface area contributed by atoms with Crippen LogP contribution >= 0.6 is 0 Å². The predicted octanol–water partition coefficient (Wildman–Crippen LogP) is -8.16. The van der Waals surface area contributed by atoms with Crippen molar-refractivity contribution >= 4 is 18.2 Å². The fourth-order valence-electron chi connectivity index (χ4n) is 5.08. The number of aliphatic hydroxyl groups is 7. The number of aliphatic hydroxyl groups excluding tert-OH is 6. The van der Waals surface area contributed by atoms with Crippen LogP contribution in [0.25, 0.3) is 0 Å². The van der Waals surface area contributed by atoms with Crippen molar-refractivity contribution in [1.29, 1.82) is 0 Å². The Labute approximate surface area is 228 Å². The molecule has 0 aromatic carbocycles. The number of nitrogens with one attached hydrogen (secondary N) is 1. The summed E-state index contributed by atoms with van der Waals surface area (Å²) in [5.41, 5.74) is 19.4.